The van der Waals surface area contributed by atoms with Crippen LogP contribution in [0.2, 0.25) is 0 Å². The monoisotopic (exact) mass is 255 g/mol. The predicted molar refractivity (Wildman–Crippen MR) is 65.9 cm³/mol. The number of rotatable bonds is 5. The zero-order valence-corrected chi connectivity index (χ0v) is 11.0. The molecule has 0 saturated carbocycles. The molecule has 1 N–H and O–H groups in total. The van der Waals surface area contributed by atoms with Crippen molar-refractivity contribution in [3.8, 4) is 0 Å². The van der Waals surface area contributed by atoms with Gasteiger partial charge in [-0.3, -0.25) is 4.79 Å². The van der Waals surface area contributed by atoms with E-state index in [0.29, 0.717) is 0 Å². The van der Waals surface area contributed by atoms with E-state index in [9.17, 15) is 9.18 Å². The first-order valence-electron chi connectivity index (χ1n) is 5.62. The van der Waals surface area contributed by atoms with Gasteiger partial charge in [-0.05, 0) is 31.5 Å². The van der Waals surface area contributed by atoms with Crippen molar-refractivity contribution in [1.82, 2.24) is 5.32 Å². The first-order chi connectivity index (χ1) is 8.49. The van der Waals surface area contributed by atoms with E-state index in [-0.39, 0.29) is 11.6 Å². The maximum atomic E-state index is 13.6. The summed E-state index contributed by atoms with van der Waals surface area (Å²) in [6.07, 6.45) is -0.567. The molecule has 1 unspecified atom stereocenters. The maximum Gasteiger partial charge on any atom is 0.254 e. The highest BCUT2D eigenvalue weighted by Gasteiger charge is 2.20. The minimum absolute atomic E-state index is 0.0124. The number of carbonyl (C=O) groups is 1. The van der Waals surface area contributed by atoms with Crippen molar-refractivity contribution in [2.24, 2.45) is 0 Å². The van der Waals surface area contributed by atoms with Crippen LogP contribution < -0.4 is 5.32 Å². The molecular formula is C13H18FNO3. The summed E-state index contributed by atoms with van der Waals surface area (Å²) in [7, 11) is 2.95. The van der Waals surface area contributed by atoms with Crippen LogP contribution in [0.5, 0.6) is 0 Å². The van der Waals surface area contributed by atoms with E-state index in [4.69, 9.17) is 9.47 Å². The third-order valence-electron chi connectivity index (χ3n) is 2.60. The first-order valence-corrected chi connectivity index (χ1v) is 5.62. The Labute approximate surface area is 106 Å². The Morgan fingerprint density at radius 1 is 1.33 bits per heavy atom. The summed E-state index contributed by atoms with van der Waals surface area (Å²) in [5, 5.41) is 2.63. The minimum Gasteiger partial charge on any atom is -0.354 e. The third kappa shape index (κ3) is 3.51. The molecule has 0 fully saturated rings. The van der Waals surface area contributed by atoms with Gasteiger partial charge in [0.15, 0.2) is 6.29 Å². The molecule has 0 aliphatic carbocycles. The number of nitrogens with one attached hydrogen (secondary N) is 1. The number of amides is 1. The summed E-state index contributed by atoms with van der Waals surface area (Å²) in [5.41, 5.74) is 0.780. The topological polar surface area (TPSA) is 47.6 Å². The van der Waals surface area contributed by atoms with Crippen LogP contribution in [0.1, 0.15) is 22.8 Å². The molecule has 1 atom stereocenters. The van der Waals surface area contributed by atoms with Crippen LogP contribution in [-0.2, 0) is 9.47 Å². The standard InChI is InChI=1S/C13H18FNO3/c1-8-5-6-10(11(14)7-8)12(16)15-9(2)13(17-3)18-4/h5-7,9,13H,1-4H3,(H,15,16). The fraction of sp³-hybridized carbons (Fsp3) is 0.462. The average Bonchev–Trinajstić information content (AvgIpc) is 2.30. The highest BCUT2D eigenvalue weighted by molar-refractivity contribution is 5.94. The number of ether oxygens (including phenoxy) is 2. The highest BCUT2D eigenvalue weighted by Crippen LogP contribution is 2.10. The second kappa shape index (κ2) is 6.47. The Morgan fingerprint density at radius 3 is 2.44 bits per heavy atom. The molecular weight excluding hydrogens is 237 g/mol. The van der Waals surface area contributed by atoms with Gasteiger partial charge in [-0.2, -0.15) is 0 Å². The molecule has 1 aromatic carbocycles. The summed E-state index contributed by atoms with van der Waals surface area (Å²) in [6.45, 7) is 3.49. The number of methoxy groups -OCH3 is 2. The van der Waals surface area contributed by atoms with E-state index in [0.717, 1.165) is 5.56 Å². The zero-order chi connectivity index (χ0) is 13.7. The summed E-state index contributed by atoms with van der Waals surface area (Å²) in [4.78, 5) is 11.9. The number of aryl methyl sites for hydroxylation is 1. The molecule has 1 amide bonds. The molecule has 100 valence electrons. The summed E-state index contributed by atoms with van der Waals surface area (Å²) in [6, 6.07) is 4.09. The van der Waals surface area contributed by atoms with Crippen LogP contribution in [0.15, 0.2) is 18.2 Å². The molecule has 0 aliphatic heterocycles. The molecule has 18 heavy (non-hydrogen) atoms. The van der Waals surface area contributed by atoms with Crippen molar-refractivity contribution in [2.75, 3.05) is 14.2 Å². The average molecular weight is 255 g/mol. The number of hydrogen-bond acceptors (Lipinski definition) is 3. The lowest BCUT2D eigenvalue weighted by atomic mass is 10.1. The molecule has 0 spiro atoms. The number of halogens is 1. The molecule has 0 heterocycles. The SMILES string of the molecule is COC(OC)C(C)NC(=O)c1ccc(C)cc1F. The van der Waals surface area contributed by atoms with Crippen LogP contribution in [0.4, 0.5) is 4.39 Å². The van der Waals surface area contributed by atoms with Crippen LogP contribution in [0, 0.1) is 12.7 Å². The molecule has 0 bridgehead atoms. The van der Waals surface area contributed by atoms with E-state index in [2.05, 4.69) is 5.32 Å². The highest BCUT2D eigenvalue weighted by atomic mass is 19.1. The van der Waals surface area contributed by atoms with Crippen LogP contribution >= 0.6 is 0 Å². The molecule has 0 radical (unpaired) electrons. The minimum atomic E-state index is -0.567. The molecule has 0 aliphatic rings. The molecule has 4 nitrogen and oxygen atoms in total. The van der Waals surface area contributed by atoms with E-state index < -0.39 is 18.0 Å². The van der Waals surface area contributed by atoms with Crippen molar-refractivity contribution in [1.29, 1.82) is 0 Å². The zero-order valence-electron chi connectivity index (χ0n) is 11.0. The quantitative estimate of drug-likeness (QED) is 0.817. The van der Waals surface area contributed by atoms with Gasteiger partial charge in [-0.15, -0.1) is 0 Å². The first kappa shape index (κ1) is 14.6. The Hall–Kier alpha value is -1.46. The largest absolute Gasteiger partial charge is 0.354 e. The van der Waals surface area contributed by atoms with Crippen molar-refractivity contribution >= 4 is 5.91 Å². The van der Waals surface area contributed by atoms with Gasteiger partial charge in [0.1, 0.15) is 5.82 Å². The van der Waals surface area contributed by atoms with E-state index in [1.807, 2.05) is 0 Å². The van der Waals surface area contributed by atoms with Crippen molar-refractivity contribution in [2.45, 2.75) is 26.2 Å². The fourth-order valence-corrected chi connectivity index (χ4v) is 1.66. The summed E-state index contributed by atoms with van der Waals surface area (Å²) < 4.78 is 23.6. The summed E-state index contributed by atoms with van der Waals surface area (Å²) in [5.74, 6) is -1.02. The van der Waals surface area contributed by atoms with Gasteiger partial charge in [0.25, 0.3) is 5.91 Å². The van der Waals surface area contributed by atoms with Crippen LogP contribution in [0.3, 0.4) is 0 Å². The lowest BCUT2D eigenvalue weighted by Gasteiger charge is -2.22. The maximum absolute atomic E-state index is 13.6. The molecule has 1 aromatic rings. The number of carbonyl (C=O) groups excluding carboxylic acids is 1. The number of benzene rings is 1. The Bertz CT molecular complexity index is 419. The Kier molecular flexibility index (Phi) is 5.25. The second-order valence-corrected chi connectivity index (χ2v) is 4.09. The van der Waals surface area contributed by atoms with Gasteiger partial charge in [-0.25, -0.2) is 4.39 Å². The van der Waals surface area contributed by atoms with Crippen LogP contribution in [-0.4, -0.2) is 32.5 Å². The van der Waals surface area contributed by atoms with Crippen molar-refractivity contribution < 1.29 is 18.7 Å². The lowest BCUT2D eigenvalue weighted by molar-refractivity contribution is -0.117. The van der Waals surface area contributed by atoms with Gasteiger partial charge < -0.3 is 14.8 Å². The molecule has 0 aromatic heterocycles. The third-order valence-corrected chi connectivity index (χ3v) is 2.60. The second-order valence-electron chi connectivity index (χ2n) is 4.09. The Balaban J connectivity index is 2.76. The fourth-order valence-electron chi connectivity index (χ4n) is 1.66. The number of hydrogen-bond donors (Lipinski definition) is 1. The summed E-state index contributed by atoms with van der Waals surface area (Å²) >= 11 is 0. The van der Waals surface area contributed by atoms with Crippen LogP contribution in [0.25, 0.3) is 0 Å². The van der Waals surface area contributed by atoms with E-state index >= 15 is 0 Å². The van der Waals surface area contributed by atoms with Gasteiger partial charge in [0, 0.05) is 14.2 Å². The smallest absolute Gasteiger partial charge is 0.254 e. The molecule has 5 heteroatoms. The van der Waals surface area contributed by atoms with Crippen molar-refractivity contribution in [3.63, 3.8) is 0 Å². The van der Waals surface area contributed by atoms with E-state index in [1.54, 1.807) is 19.9 Å². The van der Waals surface area contributed by atoms with Gasteiger partial charge >= 0.3 is 0 Å². The van der Waals surface area contributed by atoms with Crippen molar-refractivity contribution in [3.05, 3.63) is 35.1 Å². The Morgan fingerprint density at radius 2 is 1.94 bits per heavy atom. The van der Waals surface area contributed by atoms with Gasteiger partial charge in [-0.1, -0.05) is 6.07 Å². The normalized spacial score (nSPS) is 12.6. The predicted octanol–water partition coefficient (Wildman–Crippen LogP) is 1.87. The lowest BCUT2D eigenvalue weighted by Crippen LogP contribution is -2.43. The van der Waals surface area contributed by atoms with Gasteiger partial charge in [0.2, 0.25) is 0 Å². The molecule has 0 saturated heterocycles. The molecule has 1 rings (SSSR count). The van der Waals surface area contributed by atoms with Gasteiger partial charge in [0.05, 0.1) is 11.6 Å². The van der Waals surface area contributed by atoms with E-state index in [1.165, 1.54) is 26.4 Å².